The van der Waals surface area contributed by atoms with Gasteiger partial charge in [-0.05, 0) is 30.9 Å². The Labute approximate surface area is 137 Å². The van der Waals surface area contributed by atoms with E-state index in [9.17, 15) is 9.59 Å². The second kappa shape index (κ2) is 6.71. The number of anilines is 2. The molecule has 3 rings (SSSR count). The lowest BCUT2D eigenvalue weighted by Crippen LogP contribution is -2.41. The van der Waals surface area contributed by atoms with Crippen LogP contribution in [-0.4, -0.2) is 38.1 Å². The van der Waals surface area contributed by atoms with Gasteiger partial charge in [0.05, 0.1) is 23.9 Å². The van der Waals surface area contributed by atoms with Crippen LogP contribution in [-0.2, 0) is 14.3 Å². The molecule has 124 valence electrons. The Morgan fingerprint density at radius 1 is 1.13 bits per heavy atom. The molecule has 1 fully saturated rings. The summed E-state index contributed by atoms with van der Waals surface area (Å²) < 4.78 is 5.49. The second-order valence-electron chi connectivity index (χ2n) is 6.59. The average molecular weight is 316 g/mol. The normalized spacial score (nSPS) is 24.8. The highest BCUT2D eigenvalue weighted by Crippen LogP contribution is 2.35. The van der Waals surface area contributed by atoms with Crippen LogP contribution in [0.25, 0.3) is 0 Å². The smallest absolute Gasteiger partial charge is 0.232 e. The number of carbonyl (C=O) groups is 2. The Kier molecular flexibility index (Phi) is 4.66. The van der Waals surface area contributed by atoms with Crippen molar-refractivity contribution in [3.63, 3.8) is 0 Å². The predicted molar refractivity (Wildman–Crippen MR) is 89.5 cm³/mol. The molecule has 1 aromatic rings. The van der Waals surface area contributed by atoms with E-state index in [4.69, 9.17) is 4.74 Å². The molecule has 5 nitrogen and oxygen atoms in total. The zero-order valence-corrected chi connectivity index (χ0v) is 13.8. The van der Waals surface area contributed by atoms with E-state index in [1.807, 2.05) is 29.2 Å². The van der Waals surface area contributed by atoms with Crippen LogP contribution in [0.5, 0.6) is 0 Å². The van der Waals surface area contributed by atoms with Gasteiger partial charge >= 0.3 is 0 Å². The average Bonchev–Trinajstić information content (AvgIpc) is 2.72. The highest BCUT2D eigenvalue weighted by atomic mass is 16.5. The molecule has 2 amide bonds. The fraction of sp³-hybridized carbons (Fsp3) is 0.556. The molecule has 0 unspecified atom stereocenters. The summed E-state index contributed by atoms with van der Waals surface area (Å²) in [5.41, 5.74) is 1.66. The van der Waals surface area contributed by atoms with Crippen molar-refractivity contribution in [3.8, 4) is 0 Å². The lowest BCUT2D eigenvalue weighted by atomic mass is 9.99. The van der Waals surface area contributed by atoms with Crippen LogP contribution in [0.15, 0.2) is 24.3 Å². The van der Waals surface area contributed by atoms with Crippen molar-refractivity contribution in [2.75, 3.05) is 36.1 Å². The molecule has 0 bridgehead atoms. The number of hydrogen-bond donors (Lipinski definition) is 0. The van der Waals surface area contributed by atoms with E-state index in [-0.39, 0.29) is 23.7 Å². The van der Waals surface area contributed by atoms with E-state index in [0.717, 1.165) is 30.8 Å². The van der Waals surface area contributed by atoms with Crippen molar-refractivity contribution in [3.05, 3.63) is 24.3 Å². The van der Waals surface area contributed by atoms with Gasteiger partial charge in [-0.2, -0.15) is 0 Å². The third kappa shape index (κ3) is 3.24. The Hall–Kier alpha value is -1.88. The molecule has 1 aromatic carbocycles. The first-order valence-electron chi connectivity index (χ1n) is 8.34. The quantitative estimate of drug-likeness (QED) is 0.799. The third-order valence-corrected chi connectivity index (χ3v) is 4.61. The molecule has 0 aromatic heterocycles. The van der Waals surface area contributed by atoms with Gasteiger partial charge in [0.1, 0.15) is 0 Å². The summed E-state index contributed by atoms with van der Waals surface area (Å²) in [6, 6.07) is 7.69. The van der Waals surface area contributed by atoms with E-state index in [1.54, 1.807) is 11.8 Å². The van der Waals surface area contributed by atoms with Crippen molar-refractivity contribution in [2.45, 2.75) is 26.7 Å². The number of ether oxygens (including phenoxy) is 1. The molecule has 5 heteroatoms. The first kappa shape index (κ1) is 16.0. The second-order valence-corrected chi connectivity index (χ2v) is 6.59. The highest BCUT2D eigenvalue weighted by Gasteiger charge is 2.33. The first-order chi connectivity index (χ1) is 11.1. The molecule has 23 heavy (non-hydrogen) atoms. The maximum atomic E-state index is 13.0. The highest BCUT2D eigenvalue weighted by molar-refractivity contribution is 6.03. The molecule has 2 aliphatic heterocycles. The summed E-state index contributed by atoms with van der Waals surface area (Å²) >= 11 is 0. The molecule has 0 spiro atoms. The van der Waals surface area contributed by atoms with Crippen LogP contribution in [0.2, 0.25) is 0 Å². The molecular formula is C18H24N2O3. The number of nitrogens with zero attached hydrogens (tertiary/aromatic N) is 2. The van der Waals surface area contributed by atoms with Gasteiger partial charge in [0, 0.05) is 26.6 Å². The van der Waals surface area contributed by atoms with Gasteiger partial charge in [-0.3, -0.25) is 9.59 Å². The van der Waals surface area contributed by atoms with Crippen LogP contribution in [0, 0.1) is 11.8 Å². The van der Waals surface area contributed by atoms with Gasteiger partial charge in [-0.15, -0.1) is 0 Å². The molecule has 2 heterocycles. The van der Waals surface area contributed by atoms with Gasteiger partial charge in [0.2, 0.25) is 11.8 Å². The summed E-state index contributed by atoms with van der Waals surface area (Å²) in [5.74, 6) is 0.279. The molecule has 2 aliphatic rings. The molecule has 0 radical (unpaired) electrons. The number of para-hydroxylation sites is 2. The summed E-state index contributed by atoms with van der Waals surface area (Å²) in [6.45, 7) is 6.18. The molecule has 2 atom stereocenters. The summed E-state index contributed by atoms with van der Waals surface area (Å²) in [5, 5.41) is 0. The summed E-state index contributed by atoms with van der Waals surface area (Å²) in [6.07, 6.45) is 1.81. The number of benzene rings is 1. The maximum absolute atomic E-state index is 13.0. The number of carbonyl (C=O) groups excluding carboxylic acids is 2. The first-order valence-corrected chi connectivity index (χ1v) is 8.34. The zero-order chi connectivity index (χ0) is 16.4. The fourth-order valence-electron chi connectivity index (χ4n) is 3.46. The summed E-state index contributed by atoms with van der Waals surface area (Å²) in [7, 11) is 0. The minimum atomic E-state index is -0.0760. The lowest BCUT2D eigenvalue weighted by Gasteiger charge is -2.30. The van der Waals surface area contributed by atoms with Gasteiger partial charge in [0.15, 0.2) is 0 Å². The van der Waals surface area contributed by atoms with Crippen molar-refractivity contribution in [1.82, 2.24) is 0 Å². The van der Waals surface area contributed by atoms with Crippen LogP contribution >= 0.6 is 0 Å². The van der Waals surface area contributed by atoms with E-state index in [1.165, 1.54) is 0 Å². The monoisotopic (exact) mass is 316 g/mol. The van der Waals surface area contributed by atoms with Crippen molar-refractivity contribution in [2.24, 2.45) is 11.8 Å². The standard InChI is InChI=1S/C18H24N2O3/c1-13-10-19(14(2)21)16-7-3-4-8-17(16)20(11-13)18(22)15-6-5-9-23-12-15/h3-4,7-8,13,15H,5-6,9-12H2,1-2H3/t13-,15+/m0/s1. The Balaban J connectivity index is 1.96. The van der Waals surface area contributed by atoms with Gasteiger partial charge in [-0.1, -0.05) is 19.1 Å². The van der Waals surface area contributed by atoms with Gasteiger partial charge < -0.3 is 14.5 Å². The van der Waals surface area contributed by atoms with E-state index in [0.29, 0.717) is 19.7 Å². The Morgan fingerprint density at radius 2 is 1.78 bits per heavy atom. The van der Waals surface area contributed by atoms with E-state index >= 15 is 0 Å². The predicted octanol–water partition coefficient (Wildman–Crippen LogP) is 2.45. The SMILES string of the molecule is CC(=O)N1C[C@H](C)CN(C(=O)[C@@H]2CCCOC2)c2ccccc21. The van der Waals surface area contributed by atoms with Crippen molar-refractivity contribution < 1.29 is 14.3 Å². The molecule has 0 aliphatic carbocycles. The van der Waals surface area contributed by atoms with Crippen molar-refractivity contribution >= 4 is 23.2 Å². The zero-order valence-electron chi connectivity index (χ0n) is 13.8. The van der Waals surface area contributed by atoms with E-state index in [2.05, 4.69) is 6.92 Å². The Bertz CT molecular complexity index is 596. The number of amides is 2. The maximum Gasteiger partial charge on any atom is 0.232 e. The Morgan fingerprint density at radius 3 is 2.39 bits per heavy atom. The molecule has 0 N–H and O–H groups in total. The molecule has 0 saturated carbocycles. The summed E-state index contributed by atoms with van der Waals surface area (Å²) in [4.78, 5) is 28.7. The lowest BCUT2D eigenvalue weighted by molar-refractivity contribution is -0.126. The minimum absolute atomic E-state index is 0.0135. The molecule has 1 saturated heterocycles. The van der Waals surface area contributed by atoms with Crippen LogP contribution in [0.3, 0.4) is 0 Å². The number of hydrogen-bond acceptors (Lipinski definition) is 3. The number of rotatable bonds is 1. The van der Waals surface area contributed by atoms with Gasteiger partial charge in [-0.25, -0.2) is 0 Å². The topological polar surface area (TPSA) is 49.9 Å². The minimum Gasteiger partial charge on any atom is -0.381 e. The third-order valence-electron chi connectivity index (χ3n) is 4.61. The van der Waals surface area contributed by atoms with Crippen LogP contribution < -0.4 is 9.80 Å². The van der Waals surface area contributed by atoms with Crippen molar-refractivity contribution in [1.29, 1.82) is 0 Å². The van der Waals surface area contributed by atoms with Crippen LogP contribution in [0.4, 0.5) is 11.4 Å². The van der Waals surface area contributed by atoms with Crippen LogP contribution in [0.1, 0.15) is 26.7 Å². The number of fused-ring (bicyclic) bond motifs is 1. The molecular weight excluding hydrogens is 292 g/mol. The largest absolute Gasteiger partial charge is 0.381 e. The van der Waals surface area contributed by atoms with Gasteiger partial charge in [0.25, 0.3) is 0 Å². The van der Waals surface area contributed by atoms with E-state index < -0.39 is 0 Å². The fourth-order valence-corrected chi connectivity index (χ4v) is 3.46.